The fourth-order valence-electron chi connectivity index (χ4n) is 3.35. The van der Waals surface area contributed by atoms with Gasteiger partial charge < -0.3 is 19.5 Å². The predicted molar refractivity (Wildman–Crippen MR) is 98.5 cm³/mol. The number of imidazole rings is 1. The van der Waals surface area contributed by atoms with E-state index in [0.717, 1.165) is 37.0 Å². The van der Waals surface area contributed by atoms with Crippen LogP contribution in [0.2, 0.25) is 0 Å². The molecule has 0 aliphatic carbocycles. The molecular formula is C19H26N4O3. The maximum absolute atomic E-state index is 12.8. The Labute approximate surface area is 153 Å². The first-order chi connectivity index (χ1) is 12.7. The van der Waals surface area contributed by atoms with Gasteiger partial charge in [-0.25, -0.2) is 4.98 Å². The fourth-order valence-corrected chi connectivity index (χ4v) is 3.35. The largest absolute Gasteiger partial charge is 0.375 e. The number of hydrogen-bond donors (Lipinski definition) is 1. The van der Waals surface area contributed by atoms with Crippen LogP contribution in [0, 0.1) is 0 Å². The van der Waals surface area contributed by atoms with Crippen molar-refractivity contribution in [3.05, 3.63) is 30.1 Å². The van der Waals surface area contributed by atoms with Crippen molar-refractivity contribution in [3.63, 3.8) is 0 Å². The molecule has 0 radical (unpaired) electrons. The normalized spacial score (nSPS) is 15.0. The molecule has 2 heterocycles. The zero-order chi connectivity index (χ0) is 18.4. The minimum absolute atomic E-state index is 0.00688. The summed E-state index contributed by atoms with van der Waals surface area (Å²) in [6.45, 7) is 2.17. The molecule has 1 aliphatic heterocycles. The predicted octanol–water partition coefficient (Wildman–Crippen LogP) is 1.70. The number of likely N-dealkylation sites (tertiary alicyclic amines) is 1. The van der Waals surface area contributed by atoms with Gasteiger partial charge in [-0.2, -0.15) is 0 Å². The summed E-state index contributed by atoms with van der Waals surface area (Å²) in [4.78, 5) is 31.1. The highest BCUT2D eigenvalue weighted by Crippen LogP contribution is 2.17. The van der Waals surface area contributed by atoms with Crippen molar-refractivity contribution in [2.24, 2.45) is 0 Å². The van der Waals surface area contributed by atoms with E-state index in [1.54, 1.807) is 0 Å². The third-order valence-electron chi connectivity index (χ3n) is 4.70. The lowest BCUT2D eigenvalue weighted by atomic mass is 10.2. The van der Waals surface area contributed by atoms with Crippen LogP contribution in [0.3, 0.4) is 0 Å². The number of ether oxygens (including phenoxy) is 1. The number of benzene rings is 1. The molecule has 0 atom stereocenters. The molecule has 0 saturated carbocycles. The number of carbonyl (C=O) groups is 2. The minimum atomic E-state index is -0.204. The van der Waals surface area contributed by atoms with Gasteiger partial charge in [0.05, 0.1) is 17.6 Å². The van der Waals surface area contributed by atoms with Gasteiger partial charge in [-0.3, -0.25) is 9.59 Å². The van der Waals surface area contributed by atoms with Gasteiger partial charge in [-0.05, 0) is 25.0 Å². The fraction of sp³-hybridized carbons (Fsp3) is 0.526. The van der Waals surface area contributed by atoms with Gasteiger partial charge in [0.2, 0.25) is 11.8 Å². The minimum Gasteiger partial charge on any atom is -0.375 e. The zero-order valence-corrected chi connectivity index (χ0v) is 15.2. The quantitative estimate of drug-likeness (QED) is 0.853. The smallest absolute Gasteiger partial charge is 0.246 e. The molecule has 1 saturated heterocycles. The molecule has 26 heavy (non-hydrogen) atoms. The first-order valence-corrected chi connectivity index (χ1v) is 9.16. The van der Waals surface area contributed by atoms with Gasteiger partial charge in [-0.1, -0.05) is 25.0 Å². The van der Waals surface area contributed by atoms with Crippen LogP contribution < -0.4 is 5.32 Å². The van der Waals surface area contributed by atoms with Gasteiger partial charge in [-0.15, -0.1) is 0 Å². The average molecular weight is 358 g/mol. The summed E-state index contributed by atoms with van der Waals surface area (Å²) in [7, 11) is 1.48. The number of amides is 2. The van der Waals surface area contributed by atoms with Crippen LogP contribution in [-0.4, -0.2) is 53.1 Å². The van der Waals surface area contributed by atoms with Crippen LogP contribution >= 0.6 is 0 Å². The molecule has 3 rings (SSSR count). The summed E-state index contributed by atoms with van der Waals surface area (Å²) >= 11 is 0. The number of methoxy groups -OCH3 is 1. The van der Waals surface area contributed by atoms with Gasteiger partial charge >= 0.3 is 0 Å². The van der Waals surface area contributed by atoms with Crippen molar-refractivity contribution in [2.75, 3.05) is 26.8 Å². The van der Waals surface area contributed by atoms with Crippen molar-refractivity contribution < 1.29 is 14.3 Å². The van der Waals surface area contributed by atoms with E-state index in [4.69, 9.17) is 4.74 Å². The average Bonchev–Trinajstić information content (AvgIpc) is 2.82. The van der Waals surface area contributed by atoms with Crippen LogP contribution in [0.5, 0.6) is 0 Å². The Bertz CT molecular complexity index is 763. The monoisotopic (exact) mass is 358 g/mol. The Morgan fingerprint density at radius 3 is 2.62 bits per heavy atom. The zero-order valence-electron chi connectivity index (χ0n) is 15.2. The Morgan fingerprint density at radius 2 is 1.88 bits per heavy atom. The SMILES string of the molecule is COCC(=O)NCc1nc2ccccc2n1CC(=O)N1CCCCCC1. The van der Waals surface area contributed by atoms with Crippen molar-refractivity contribution in [1.82, 2.24) is 19.8 Å². The van der Waals surface area contributed by atoms with Crippen LogP contribution in [0.25, 0.3) is 11.0 Å². The van der Waals surface area contributed by atoms with Crippen molar-refractivity contribution in [3.8, 4) is 0 Å². The molecule has 0 spiro atoms. The first kappa shape index (κ1) is 18.4. The Morgan fingerprint density at radius 1 is 1.15 bits per heavy atom. The molecule has 140 valence electrons. The van der Waals surface area contributed by atoms with Crippen LogP contribution in [-0.2, 0) is 27.4 Å². The Hall–Kier alpha value is -2.41. The topological polar surface area (TPSA) is 76.5 Å². The van der Waals surface area contributed by atoms with E-state index in [1.165, 1.54) is 20.0 Å². The molecule has 2 aromatic rings. The van der Waals surface area contributed by atoms with Crippen LogP contribution in [0.15, 0.2) is 24.3 Å². The molecule has 7 nitrogen and oxygen atoms in total. The Kier molecular flexibility index (Phi) is 6.22. The van der Waals surface area contributed by atoms with Crippen LogP contribution in [0.4, 0.5) is 0 Å². The Balaban J connectivity index is 1.79. The summed E-state index contributed by atoms with van der Waals surface area (Å²) in [5, 5.41) is 2.79. The molecule has 0 bridgehead atoms. The highest BCUT2D eigenvalue weighted by atomic mass is 16.5. The summed E-state index contributed by atoms with van der Waals surface area (Å²) in [5.74, 6) is 0.586. The van der Waals surface area contributed by atoms with Gasteiger partial charge in [0.25, 0.3) is 0 Å². The third kappa shape index (κ3) is 4.40. The van der Waals surface area contributed by atoms with E-state index < -0.39 is 0 Å². The van der Waals surface area contributed by atoms with E-state index in [-0.39, 0.29) is 31.5 Å². The second kappa shape index (κ2) is 8.80. The highest BCUT2D eigenvalue weighted by Gasteiger charge is 2.19. The molecule has 2 amide bonds. The number of fused-ring (bicyclic) bond motifs is 1. The van der Waals surface area contributed by atoms with E-state index in [1.807, 2.05) is 33.7 Å². The van der Waals surface area contributed by atoms with Gasteiger partial charge in [0.1, 0.15) is 19.0 Å². The summed E-state index contributed by atoms with van der Waals surface area (Å²) in [5.41, 5.74) is 1.74. The molecule has 1 aromatic carbocycles. The number of nitrogens with one attached hydrogen (secondary N) is 1. The summed E-state index contributed by atoms with van der Waals surface area (Å²) in [6.07, 6.45) is 4.51. The molecule has 7 heteroatoms. The molecule has 1 aromatic heterocycles. The number of carbonyl (C=O) groups excluding carboxylic acids is 2. The van der Waals surface area contributed by atoms with E-state index in [9.17, 15) is 9.59 Å². The highest BCUT2D eigenvalue weighted by molar-refractivity contribution is 5.81. The number of para-hydroxylation sites is 2. The number of rotatable bonds is 6. The lowest BCUT2D eigenvalue weighted by Crippen LogP contribution is -2.35. The maximum Gasteiger partial charge on any atom is 0.246 e. The number of aromatic nitrogens is 2. The van der Waals surface area contributed by atoms with Crippen LogP contribution in [0.1, 0.15) is 31.5 Å². The van der Waals surface area contributed by atoms with Gasteiger partial charge in [0.15, 0.2) is 0 Å². The lowest BCUT2D eigenvalue weighted by Gasteiger charge is -2.21. The molecule has 1 fully saturated rings. The summed E-state index contributed by atoms with van der Waals surface area (Å²) in [6, 6.07) is 7.73. The molecular weight excluding hydrogens is 332 g/mol. The van der Waals surface area contributed by atoms with Crippen molar-refractivity contribution in [2.45, 2.75) is 38.8 Å². The van der Waals surface area contributed by atoms with E-state index in [2.05, 4.69) is 10.3 Å². The van der Waals surface area contributed by atoms with Gasteiger partial charge in [0, 0.05) is 20.2 Å². The van der Waals surface area contributed by atoms with E-state index in [0.29, 0.717) is 5.82 Å². The molecule has 1 N–H and O–H groups in total. The second-order valence-corrected chi connectivity index (χ2v) is 6.61. The first-order valence-electron chi connectivity index (χ1n) is 9.16. The third-order valence-corrected chi connectivity index (χ3v) is 4.70. The summed E-state index contributed by atoms with van der Waals surface area (Å²) < 4.78 is 6.75. The second-order valence-electron chi connectivity index (χ2n) is 6.61. The number of nitrogens with zero attached hydrogens (tertiary/aromatic N) is 3. The standard InChI is InChI=1S/C19H26N4O3/c1-26-14-18(24)20-12-17-21-15-8-4-5-9-16(15)23(17)13-19(25)22-10-6-2-3-7-11-22/h4-5,8-9H,2-3,6-7,10-14H2,1H3,(H,20,24). The van der Waals surface area contributed by atoms with Crippen molar-refractivity contribution in [1.29, 1.82) is 0 Å². The molecule has 0 unspecified atom stereocenters. The lowest BCUT2D eigenvalue weighted by molar-refractivity contribution is -0.131. The van der Waals surface area contributed by atoms with Crippen molar-refractivity contribution >= 4 is 22.8 Å². The van der Waals surface area contributed by atoms with E-state index >= 15 is 0 Å². The number of hydrogen-bond acceptors (Lipinski definition) is 4. The molecule has 1 aliphatic rings. The maximum atomic E-state index is 12.8.